The molecule has 9 heteroatoms. The summed E-state index contributed by atoms with van der Waals surface area (Å²) in [5.74, 6) is 2.26. The standard InChI is InChI=1S/C23H24N6O3/c1-6-32-23(30)17-12-24-15(4)25-22(17)27-20-11-14(3)28-29(20)19-10-13(2)16-8-7-9-18(31-5)21(16)26-19/h7-12H,6H2,1-5H3,(H,24,25,27). The van der Waals surface area contributed by atoms with Gasteiger partial charge in [0.15, 0.2) is 5.82 Å². The van der Waals surface area contributed by atoms with Crippen LogP contribution in [0.1, 0.15) is 34.4 Å². The van der Waals surface area contributed by atoms with Crippen LogP contribution in [-0.2, 0) is 4.74 Å². The van der Waals surface area contributed by atoms with E-state index >= 15 is 0 Å². The normalized spacial score (nSPS) is 10.9. The van der Waals surface area contributed by atoms with Gasteiger partial charge in [0.25, 0.3) is 0 Å². The maximum atomic E-state index is 12.4. The number of nitrogens with one attached hydrogen (secondary N) is 1. The summed E-state index contributed by atoms with van der Waals surface area (Å²) >= 11 is 0. The number of aryl methyl sites for hydroxylation is 3. The van der Waals surface area contributed by atoms with E-state index in [0.29, 0.717) is 29.0 Å². The molecule has 0 aliphatic rings. The van der Waals surface area contributed by atoms with E-state index in [0.717, 1.165) is 22.2 Å². The largest absolute Gasteiger partial charge is 0.494 e. The van der Waals surface area contributed by atoms with Gasteiger partial charge in [0.2, 0.25) is 0 Å². The predicted octanol–water partition coefficient (Wildman–Crippen LogP) is 4.06. The molecule has 0 radical (unpaired) electrons. The third kappa shape index (κ3) is 3.96. The smallest absolute Gasteiger partial charge is 0.343 e. The number of hydrogen-bond acceptors (Lipinski definition) is 8. The summed E-state index contributed by atoms with van der Waals surface area (Å²) in [5.41, 5.74) is 2.80. The lowest BCUT2D eigenvalue weighted by molar-refractivity contribution is 0.0526. The number of anilines is 2. The van der Waals surface area contributed by atoms with Crippen LogP contribution in [0.25, 0.3) is 16.7 Å². The first-order valence-corrected chi connectivity index (χ1v) is 10.2. The first-order chi connectivity index (χ1) is 15.4. The van der Waals surface area contributed by atoms with Crippen LogP contribution in [0.15, 0.2) is 36.5 Å². The van der Waals surface area contributed by atoms with Gasteiger partial charge in [-0.15, -0.1) is 0 Å². The Balaban J connectivity index is 1.82. The highest BCUT2D eigenvalue weighted by Crippen LogP contribution is 2.29. The Bertz CT molecular complexity index is 1310. The van der Waals surface area contributed by atoms with Gasteiger partial charge in [-0.2, -0.15) is 9.78 Å². The van der Waals surface area contributed by atoms with E-state index < -0.39 is 5.97 Å². The van der Waals surface area contributed by atoms with Crippen molar-refractivity contribution in [2.45, 2.75) is 27.7 Å². The van der Waals surface area contributed by atoms with Crippen molar-refractivity contribution >= 4 is 28.5 Å². The lowest BCUT2D eigenvalue weighted by Crippen LogP contribution is -2.13. The Kier molecular flexibility index (Phi) is 5.72. The number of ether oxygens (including phenoxy) is 2. The van der Waals surface area contributed by atoms with E-state index in [1.807, 2.05) is 44.2 Å². The minimum atomic E-state index is -0.498. The summed E-state index contributed by atoms with van der Waals surface area (Å²) in [6.45, 7) is 7.66. The molecule has 164 valence electrons. The molecule has 0 spiro atoms. The Labute approximate surface area is 185 Å². The van der Waals surface area contributed by atoms with Crippen LogP contribution in [0.3, 0.4) is 0 Å². The highest BCUT2D eigenvalue weighted by Gasteiger charge is 2.19. The molecule has 9 nitrogen and oxygen atoms in total. The van der Waals surface area contributed by atoms with E-state index in [9.17, 15) is 4.79 Å². The Morgan fingerprint density at radius 1 is 1.16 bits per heavy atom. The molecule has 3 aromatic heterocycles. The van der Waals surface area contributed by atoms with Crippen molar-refractivity contribution in [3.8, 4) is 11.6 Å². The van der Waals surface area contributed by atoms with Gasteiger partial charge in [-0.3, -0.25) is 0 Å². The molecule has 0 saturated heterocycles. The maximum absolute atomic E-state index is 12.4. The second-order valence-corrected chi connectivity index (χ2v) is 7.26. The number of benzene rings is 1. The van der Waals surface area contributed by atoms with Crippen molar-refractivity contribution in [3.05, 3.63) is 59.2 Å². The monoisotopic (exact) mass is 432 g/mol. The summed E-state index contributed by atoms with van der Waals surface area (Å²) in [4.78, 5) is 25.7. The lowest BCUT2D eigenvalue weighted by Gasteiger charge is -2.14. The molecule has 0 amide bonds. The van der Waals surface area contributed by atoms with E-state index in [4.69, 9.17) is 14.5 Å². The molecule has 0 bridgehead atoms. The van der Waals surface area contributed by atoms with Crippen molar-refractivity contribution < 1.29 is 14.3 Å². The van der Waals surface area contributed by atoms with Crippen molar-refractivity contribution in [2.24, 2.45) is 0 Å². The van der Waals surface area contributed by atoms with Crippen molar-refractivity contribution in [1.82, 2.24) is 24.7 Å². The van der Waals surface area contributed by atoms with Gasteiger partial charge < -0.3 is 14.8 Å². The van der Waals surface area contributed by atoms with Crippen molar-refractivity contribution in [3.63, 3.8) is 0 Å². The van der Waals surface area contributed by atoms with Crippen molar-refractivity contribution in [2.75, 3.05) is 19.0 Å². The van der Waals surface area contributed by atoms with Gasteiger partial charge in [-0.1, -0.05) is 12.1 Å². The Morgan fingerprint density at radius 2 is 1.97 bits per heavy atom. The van der Waals surface area contributed by atoms with E-state index in [1.165, 1.54) is 6.20 Å². The second-order valence-electron chi connectivity index (χ2n) is 7.26. The highest BCUT2D eigenvalue weighted by molar-refractivity contribution is 5.95. The number of para-hydroxylation sites is 1. The molecule has 4 rings (SSSR count). The molecular weight excluding hydrogens is 408 g/mol. The zero-order chi connectivity index (χ0) is 22.8. The number of aromatic nitrogens is 5. The van der Waals surface area contributed by atoms with E-state index in [-0.39, 0.29) is 12.2 Å². The number of hydrogen-bond donors (Lipinski definition) is 1. The minimum Gasteiger partial charge on any atom is -0.494 e. The van der Waals surface area contributed by atoms with Crippen LogP contribution in [0.4, 0.5) is 11.6 Å². The van der Waals surface area contributed by atoms with Crippen LogP contribution in [0, 0.1) is 20.8 Å². The number of carbonyl (C=O) groups is 1. The SMILES string of the molecule is CCOC(=O)c1cnc(C)nc1Nc1cc(C)nn1-c1cc(C)c2cccc(OC)c2n1. The topological polar surface area (TPSA) is 104 Å². The fourth-order valence-electron chi connectivity index (χ4n) is 3.46. The molecule has 3 heterocycles. The first-order valence-electron chi connectivity index (χ1n) is 10.2. The predicted molar refractivity (Wildman–Crippen MR) is 121 cm³/mol. The van der Waals surface area contributed by atoms with Gasteiger partial charge in [0, 0.05) is 17.6 Å². The summed E-state index contributed by atoms with van der Waals surface area (Å²) in [6.07, 6.45) is 1.46. The van der Waals surface area contributed by atoms with Gasteiger partial charge >= 0.3 is 5.97 Å². The Morgan fingerprint density at radius 3 is 2.72 bits per heavy atom. The lowest BCUT2D eigenvalue weighted by atomic mass is 10.1. The first kappa shape index (κ1) is 21.2. The molecule has 0 fully saturated rings. The molecule has 1 N–H and O–H groups in total. The molecule has 0 atom stereocenters. The van der Waals surface area contributed by atoms with E-state index in [2.05, 4.69) is 20.4 Å². The highest BCUT2D eigenvalue weighted by atomic mass is 16.5. The van der Waals surface area contributed by atoms with Crippen LogP contribution in [0.5, 0.6) is 5.75 Å². The third-order valence-electron chi connectivity index (χ3n) is 4.92. The number of fused-ring (bicyclic) bond motifs is 1. The fourth-order valence-corrected chi connectivity index (χ4v) is 3.46. The number of carbonyl (C=O) groups excluding carboxylic acids is 1. The second kappa shape index (κ2) is 8.62. The molecule has 4 aromatic rings. The number of pyridine rings is 1. The molecule has 32 heavy (non-hydrogen) atoms. The van der Waals surface area contributed by atoms with Crippen LogP contribution >= 0.6 is 0 Å². The van der Waals surface area contributed by atoms with Gasteiger partial charge in [0.1, 0.15) is 34.3 Å². The minimum absolute atomic E-state index is 0.243. The molecule has 0 unspecified atom stereocenters. The van der Waals surface area contributed by atoms with Gasteiger partial charge in [-0.05, 0) is 45.4 Å². The molecule has 0 aliphatic heterocycles. The van der Waals surface area contributed by atoms with Gasteiger partial charge in [-0.25, -0.2) is 19.7 Å². The van der Waals surface area contributed by atoms with Crippen LogP contribution in [-0.4, -0.2) is 44.4 Å². The van der Waals surface area contributed by atoms with Gasteiger partial charge in [0.05, 0.1) is 19.4 Å². The number of esters is 1. The zero-order valence-corrected chi connectivity index (χ0v) is 18.6. The summed E-state index contributed by atoms with van der Waals surface area (Å²) in [7, 11) is 1.62. The van der Waals surface area contributed by atoms with Crippen LogP contribution in [0.2, 0.25) is 0 Å². The molecule has 0 aliphatic carbocycles. The number of nitrogens with zero attached hydrogens (tertiary/aromatic N) is 5. The molecule has 1 aromatic carbocycles. The summed E-state index contributed by atoms with van der Waals surface area (Å²) in [5, 5.41) is 8.82. The number of methoxy groups -OCH3 is 1. The third-order valence-corrected chi connectivity index (χ3v) is 4.92. The zero-order valence-electron chi connectivity index (χ0n) is 18.6. The fraction of sp³-hybridized carbons (Fsp3) is 0.261. The quantitative estimate of drug-likeness (QED) is 0.455. The molecular formula is C23H24N6O3. The Hall–Kier alpha value is -4.01. The summed E-state index contributed by atoms with van der Waals surface area (Å²) < 4.78 is 12.3. The summed E-state index contributed by atoms with van der Waals surface area (Å²) in [6, 6.07) is 9.63. The van der Waals surface area contributed by atoms with Crippen LogP contribution < -0.4 is 10.1 Å². The van der Waals surface area contributed by atoms with Crippen molar-refractivity contribution in [1.29, 1.82) is 0 Å². The molecule has 0 saturated carbocycles. The van der Waals surface area contributed by atoms with E-state index in [1.54, 1.807) is 25.6 Å². The maximum Gasteiger partial charge on any atom is 0.343 e. The average molecular weight is 432 g/mol. The number of rotatable bonds is 6. The average Bonchev–Trinajstić information content (AvgIpc) is 3.13.